The number of aromatic nitrogens is 5. The molecule has 0 radical (unpaired) electrons. The van der Waals surface area contributed by atoms with Crippen molar-refractivity contribution in [2.24, 2.45) is 0 Å². The lowest BCUT2D eigenvalue weighted by atomic mass is 9.96. The molecule has 5 rings (SSSR count). The fourth-order valence-electron chi connectivity index (χ4n) is 3.76. The third kappa shape index (κ3) is 3.61. The summed E-state index contributed by atoms with van der Waals surface area (Å²) in [7, 11) is 0. The van der Waals surface area contributed by atoms with Crippen molar-refractivity contribution >= 4 is 28.0 Å². The van der Waals surface area contributed by atoms with E-state index >= 15 is 0 Å². The molecule has 4 aromatic rings. The normalized spacial score (nSPS) is 17.0. The molecule has 7 nitrogen and oxygen atoms in total. The predicted molar refractivity (Wildman–Crippen MR) is 116 cm³/mol. The van der Waals surface area contributed by atoms with E-state index in [0.29, 0.717) is 5.92 Å². The number of piperidine rings is 1. The molecule has 1 aliphatic heterocycles. The number of rotatable bonds is 4. The number of pyridine rings is 1. The second-order valence-corrected chi connectivity index (χ2v) is 8.35. The van der Waals surface area contributed by atoms with E-state index < -0.39 is 0 Å². The van der Waals surface area contributed by atoms with Gasteiger partial charge in [-0.15, -0.1) is 0 Å². The van der Waals surface area contributed by atoms with Crippen molar-refractivity contribution < 1.29 is 0 Å². The summed E-state index contributed by atoms with van der Waals surface area (Å²) in [6.07, 6.45) is 6.08. The Labute approximate surface area is 173 Å². The van der Waals surface area contributed by atoms with E-state index in [0.717, 1.165) is 64.2 Å². The Morgan fingerprint density at radius 3 is 2.83 bits per heavy atom. The monoisotopic (exact) mass is 405 g/mol. The van der Waals surface area contributed by atoms with Gasteiger partial charge in [0.25, 0.3) is 0 Å². The van der Waals surface area contributed by atoms with E-state index in [4.69, 9.17) is 4.98 Å². The van der Waals surface area contributed by atoms with Crippen molar-refractivity contribution in [3.8, 4) is 11.1 Å². The maximum absolute atomic E-state index is 5.05. The van der Waals surface area contributed by atoms with Crippen LogP contribution in [0.1, 0.15) is 35.8 Å². The van der Waals surface area contributed by atoms with Crippen LogP contribution in [-0.2, 0) is 0 Å². The highest BCUT2D eigenvalue weighted by atomic mass is 32.1. The van der Waals surface area contributed by atoms with Gasteiger partial charge < -0.3 is 10.6 Å². The summed E-state index contributed by atoms with van der Waals surface area (Å²) in [5.74, 6) is 1.31. The molecule has 148 valence electrons. The summed E-state index contributed by atoms with van der Waals surface area (Å²) >= 11 is 1.45. The van der Waals surface area contributed by atoms with Crippen LogP contribution in [0.2, 0.25) is 0 Å². The molecule has 0 aliphatic carbocycles. The van der Waals surface area contributed by atoms with Gasteiger partial charge in [0.05, 0.1) is 17.6 Å². The van der Waals surface area contributed by atoms with Gasteiger partial charge in [-0.25, -0.2) is 4.98 Å². The van der Waals surface area contributed by atoms with Crippen LogP contribution in [0.15, 0.2) is 36.7 Å². The molecule has 2 N–H and O–H groups in total. The van der Waals surface area contributed by atoms with Crippen LogP contribution in [-0.4, -0.2) is 37.0 Å². The number of aryl methyl sites for hydroxylation is 2. The van der Waals surface area contributed by atoms with Gasteiger partial charge in [-0.1, -0.05) is 6.07 Å². The third-order valence-electron chi connectivity index (χ3n) is 5.31. The standard InChI is InChI=1S/C21H23N7S/c1-13-5-6-15(11-23-13)17-12-24-28-19(26-20-8-14(2)27-29-20)9-18(25-21(17)28)16-4-3-7-22-10-16/h5-6,8-9,11-12,16,22,26H,3-4,7,10H2,1-2H3. The fraction of sp³-hybridized carbons (Fsp3) is 0.333. The van der Waals surface area contributed by atoms with Crippen molar-refractivity contribution in [1.82, 2.24) is 29.3 Å². The van der Waals surface area contributed by atoms with Gasteiger partial charge in [-0.05, 0) is 56.9 Å². The molecular weight excluding hydrogens is 382 g/mol. The van der Waals surface area contributed by atoms with Crippen LogP contribution < -0.4 is 10.6 Å². The third-order valence-corrected chi connectivity index (χ3v) is 6.10. The van der Waals surface area contributed by atoms with Crippen molar-refractivity contribution in [3.63, 3.8) is 0 Å². The van der Waals surface area contributed by atoms with Crippen molar-refractivity contribution in [1.29, 1.82) is 0 Å². The van der Waals surface area contributed by atoms with Crippen LogP contribution in [0.5, 0.6) is 0 Å². The lowest BCUT2D eigenvalue weighted by Gasteiger charge is -2.23. The largest absolute Gasteiger partial charge is 0.331 e. The second-order valence-electron chi connectivity index (χ2n) is 7.55. The first-order valence-electron chi connectivity index (χ1n) is 9.90. The molecule has 0 spiro atoms. The van der Waals surface area contributed by atoms with Gasteiger partial charge in [-0.2, -0.15) is 14.0 Å². The van der Waals surface area contributed by atoms with Gasteiger partial charge in [0, 0.05) is 41.5 Å². The zero-order chi connectivity index (χ0) is 19.8. The Hall–Kier alpha value is -2.84. The SMILES string of the molecule is Cc1ccc(-c2cnn3c(Nc4cc(C)ns4)cc(C4CCCNC4)nc23)cn1. The summed E-state index contributed by atoms with van der Waals surface area (Å²) < 4.78 is 6.26. The molecule has 1 fully saturated rings. The van der Waals surface area contributed by atoms with Gasteiger partial charge in [0.2, 0.25) is 0 Å². The summed E-state index contributed by atoms with van der Waals surface area (Å²) in [6, 6.07) is 8.28. The molecule has 1 saturated heterocycles. The molecular formula is C21H23N7S. The average Bonchev–Trinajstić information content (AvgIpc) is 3.35. The Morgan fingerprint density at radius 2 is 2.10 bits per heavy atom. The molecule has 29 heavy (non-hydrogen) atoms. The molecule has 1 unspecified atom stereocenters. The molecule has 0 saturated carbocycles. The minimum atomic E-state index is 0.399. The van der Waals surface area contributed by atoms with Crippen LogP contribution >= 0.6 is 11.5 Å². The Morgan fingerprint density at radius 1 is 1.17 bits per heavy atom. The van der Waals surface area contributed by atoms with E-state index in [1.54, 1.807) is 0 Å². The summed E-state index contributed by atoms with van der Waals surface area (Å²) in [5, 5.41) is 12.6. The van der Waals surface area contributed by atoms with Crippen molar-refractivity contribution in [3.05, 3.63) is 53.7 Å². The Balaban J connectivity index is 1.64. The van der Waals surface area contributed by atoms with E-state index in [2.05, 4.69) is 37.2 Å². The summed E-state index contributed by atoms with van der Waals surface area (Å²) in [6.45, 7) is 6.03. The first-order chi connectivity index (χ1) is 14.2. The van der Waals surface area contributed by atoms with Gasteiger partial charge in [0.1, 0.15) is 10.8 Å². The number of nitrogens with one attached hydrogen (secondary N) is 2. The zero-order valence-electron chi connectivity index (χ0n) is 16.5. The second kappa shape index (κ2) is 7.53. The van der Waals surface area contributed by atoms with Crippen LogP contribution in [0.3, 0.4) is 0 Å². The molecule has 0 amide bonds. The first kappa shape index (κ1) is 18.2. The van der Waals surface area contributed by atoms with Gasteiger partial charge in [-0.3, -0.25) is 4.98 Å². The quantitative estimate of drug-likeness (QED) is 0.533. The molecule has 0 aromatic carbocycles. The molecule has 5 heterocycles. The molecule has 0 bridgehead atoms. The molecule has 8 heteroatoms. The number of hydrogen-bond donors (Lipinski definition) is 2. The highest BCUT2D eigenvalue weighted by Gasteiger charge is 2.21. The number of anilines is 2. The van der Waals surface area contributed by atoms with E-state index in [9.17, 15) is 0 Å². The number of nitrogens with zero attached hydrogens (tertiary/aromatic N) is 5. The maximum atomic E-state index is 5.05. The Kier molecular flexibility index (Phi) is 4.73. The van der Waals surface area contributed by atoms with Crippen LogP contribution in [0.25, 0.3) is 16.8 Å². The molecule has 4 aromatic heterocycles. The first-order valence-corrected chi connectivity index (χ1v) is 10.7. The van der Waals surface area contributed by atoms with Gasteiger partial charge in [0.15, 0.2) is 5.65 Å². The van der Waals surface area contributed by atoms with E-state index in [1.807, 2.05) is 42.9 Å². The lowest BCUT2D eigenvalue weighted by Crippen LogP contribution is -2.29. The average molecular weight is 406 g/mol. The maximum Gasteiger partial charge on any atom is 0.165 e. The van der Waals surface area contributed by atoms with Gasteiger partial charge >= 0.3 is 0 Å². The minimum absolute atomic E-state index is 0.399. The fourth-order valence-corrected chi connectivity index (χ4v) is 4.43. The zero-order valence-corrected chi connectivity index (χ0v) is 17.3. The minimum Gasteiger partial charge on any atom is -0.331 e. The van der Waals surface area contributed by atoms with Crippen LogP contribution in [0, 0.1) is 13.8 Å². The topological polar surface area (TPSA) is 80.0 Å². The molecule has 1 aliphatic rings. The highest BCUT2D eigenvalue weighted by molar-refractivity contribution is 7.10. The van der Waals surface area contributed by atoms with Crippen LogP contribution in [0.4, 0.5) is 10.8 Å². The van der Waals surface area contributed by atoms with E-state index in [-0.39, 0.29) is 0 Å². The number of fused-ring (bicyclic) bond motifs is 1. The predicted octanol–water partition coefficient (Wildman–Crippen LogP) is 4.08. The summed E-state index contributed by atoms with van der Waals surface area (Å²) in [5.41, 5.74) is 5.96. The summed E-state index contributed by atoms with van der Waals surface area (Å²) in [4.78, 5) is 9.50. The van der Waals surface area contributed by atoms with E-state index in [1.165, 1.54) is 18.0 Å². The molecule has 1 atom stereocenters. The lowest BCUT2D eigenvalue weighted by molar-refractivity contribution is 0.455. The smallest absolute Gasteiger partial charge is 0.165 e. The van der Waals surface area contributed by atoms with Crippen molar-refractivity contribution in [2.45, 2.75) is 32.6 Å². The highest BCUT2D eigenvalue weighted by Crippen LogP contribution is 2.31. The Bertz CT molecular complexity index is 1140. The number of hydrogen-bond acceptors (Lipinski definition) is 7. The van der Waals surface area contributed by atoms with Crippen molar-refractivity contribution in [2.75, 3.05) is 18.4 Å².